The number of aliphatic carboxylic acids is 1. The molecule has 7 N–H and O–H groups in total. The first kappa shape index (κ1) is 20.8. The number of aliphatic hydroxyl groups is 1. The summed E-state index contributed by atoms with van der Waals surface area (Å²) in [5, 5.41) is 24.6. The van der Waals surface area contributed by atoms with Crippen LogP contribution in [0.4, 0.5) is 0 Å². The number of nitrogens with two attached hydrogens (primary N) is 1. The van der Waals surface area contributed by atoms with E-state index in [1.165, 1.54) is 0 Å². The van der Waals surface area contributed by atoms with Gasteiger partial charge in [-0.2, -0.15) is 0 Å². The fourth-order valence-corrected chi connectivity index (χ4v) is 1.66. The van der Waals surface area contributed by atoms with Crippen molar-refractivity contribution in [1.82, 2.24) is 16.0 Å². The molecule has 132 valence electrons. The van der Waals surface area contributed by atoms with E-state index in [0.29, 0.717) is 0 Å². The summed E-state index contributed by atoms with van der Waals surface area (Å²) in [6, 6.07) is -2.43. The highest BCUT2D eigenvalue weighted by Crippen LogP contribution is 2.05. The Morgan fingerprint density at radius 3 is 2.09 bits per heavy atom. The van der Waals surface area contributed by atoms with E-state index in [9.17, 15) is 19.2 Å². The van der Waals surface area contributed by atoms with Crippen molar-refractivity contribution in [3.63, 3.8) is 0 Å². The third-order valence-corrected chi connectivity index (χ3v) is 2.79. The summed E-state index contributed by atoms with van der Waals surface area (Å²) in [5.41, 5.74) is 5.08. The van der Waals surface area contributed by atoms with Gasteiger partial charge in [-0.3, -0.25) is 14.4 Å². The molecule has 0 fully saturated rings. The molecular formula is C13H24N4O6. The summed E-state index contributed by atoms with van der Waals surface area (Å²) in [5.74, 6) is -3.19. The van der Waals surface area contributed by atoms with Gasteiger partial charge in [-0.1, -0.05) is 13.8 Å². The molecule has 0 radical (unpaired) electrons. The molecule has 0 aromatic carbocycles. The summed E-state index contributed by atoms with van der Waals surface area (Å²) < 4.78 is 0. The number of rotatable bonds is 10. The van der Waals surface area contributed by atoms with Crippen LogP contribution in [-0.4, -0.2) is 65.7 Å². The molecule has 23 heavy (non-hydrogen) atoms. The Bertz CT molecular complexity index is 440. The molecule has 0 saturated heterocycles. The Kier molecular flexibility index (Phi) is 9.51. The van der Waals surface area contributed by atoms with Crippen molar-refractivity contribution in [3.05, 3.63) is 0 Å². The SMILES string of the molecule is CC(C)CC(NC(=O)CNC(=O)CN)C(=O)NC(CO)C(=O)O. The van der Waals surface area contributed by atoms with Crippen LogP contribution in [0, 0.1) is 5.92 Å². The number of hydrogen-bond acceptors (Lipinski definition) is 6. The number of carbonyl (C=O) groups excluding carboxylic acids is 3. The van der Waals surface area contributed by atoms with Gasteiger partial charge in [0.15, 0.2) is 0 Å². The maximum atomic E-state index is 12.1. The van der Waals surface area contributed by atoms with Crippen molar-refractivity contribution in [1.29, 1.82) is 0 Å². The molecule has 0 bridgehead atoms. The minimum Gasteiger partial charge on any atom is -0.480 e. The summed E-state index contributed by atoms with van der Waals surface area (Å²) in [6.45, 7) is 2.27. The van der Waals surface area contributed by atoms with E-state index < -0.39 is 42.4 Å². The van der Waals surface area contributed by atoms with Gasteiger partial charge in [0.25, 0.3) is 0 Å². The average Bonchev–Trinajstić information content (AvgIpc) is 2.48. The van der Waals surface area contributed by atoms with Crippen molar-refractivity contribution in [2.45, 2.75) is 32.4 Å². The lowest BCUT2D eigenvalue weighted by Crippen LogP contribution is -2.54. The number of hydrogen-bond donors (Lipinski definition) is 6. The van der Waals surface area contributed by atoms with Crippen LogP contribution in [0.25, 0.3) is 0 Å². The van der Waals surface area contributed by atoms with Crippen molar-refractivity contribution in [2.75, 3.05) is 19.7 Å². The lowest BCUT2D eigenvalue weighted by atomic mass is 10.0. The fourth-order valence-electron chi connectivity index (χ4n) is 1.66. The van der Waals surface area contributed by atoms with E-state index in [0.717, 1.165) is 0 Å². The molecule has 0 aliphatic heterocycles. The van der Waals surface area contributed by atoms with Crippen molar-refractivity contribution in [2.24, 2.45) is 11.7 Å². The Morgan fingerprint density at radius 1 is 1.04 bits per heavy atom. The number of nitrogens with one attached hydrogen (secondary N) is 3. The van der Waals surface area contributed by atoms with Crippen LogP contribution in [0.15, 0.2) is 0 Å². The standard InChI is InChI=1S/C13H24N4O6/c1-7(2)3-8(12(21)17-9(6-18)13(22)23)16-11(20)5-15-10(19)4-14/h7-9,18H,3-6,14H2,1-2H3,(H,15,19)(H,16,20)(H,17,21)(H,22,23). The summed E-state index contributed by atoms with van der Waals surface area (Å²) >= 11 is 0. The predicted molar refractivity (Wildman–Crippen MR) is 80.1 cm³/mol. The first-order chi connectivity index (χ1) is 10.7. The van der Waals surface area contributed by atoms with Gasteiger partial charge in [-0.05, 0) is 12.3 Å². The van der Waals surface area contributed by atoms with Gasteiger partial charge in [0.05, 0.1) is 19.7 Å². The van der Waals surface area contributed by atoms with E-state index in [-0.39, 0.29) is 25.4 Å². The molecule has 2 atom stereocenters. The normalized spacial score (nSPS) is 13.1. The molecule has 0 spiro atoms. The molecule has 10 nitrogen and oxygen atoms in total. The molecule has 0 saturated carbocycles. The Hall–Kier alpha value is -2.20. The summed E-state index contributed by atoms with van der Waals surface area (Å²) in [6.07, 6.45) is 0.264. The lowest BCUT2D eigenvalue weighted by Gasteiger charge is -2.22. The average molecular weight is 332 g/mol. The van der Waals surface area contributed by atoms with Gasteiger partial charge in [0, 0.05) is 0 Å². The third kappa shape index (κ3) is 8.73. The summed E-state index contributed by atoms with van der Waals surface area (Å²) in [7, 11) is 0. The third-order valence-electron chi connectivity index (χ3n) is 2.79. The van der Waals surface area contributed by atoms with Crippen LogP contribution >= 0.6 is 0 Å². The zero-order chi connectivity index (χ0) is 18.0. The van der Waals surface area contributed by atoms with Gasteiger partial charge in [-0.25, -0.2) is 4.79 Å². The highest BCUT2D eigenvalue weighted by molar-refractivity contribution is 5.92. The molecule has 0 aromatic rings. The number of aliphatic hydroxyl groups excluding tert-OH is 1. The van der Waals surface area contributed by atoms with Crippen LogP contribution < -0.4 is 21.7 Å². The van der Waals surface area contributed by atoms with E-state index >= 15 is 0 Å². The predicted octanol–water partition coefficient (Wildman–Crippen LogP) is -2.85. The molecular weight excluding hydrogens is 308 g/mol. The second kappa shape index (κ2) is 10.5. The zero-order valence-electron chi connectivity index (χ0n) is 13.2. The first-order valence-corrected chi connectivity index (χ1v) is 7.11. The Labute approximate surface area is 133 Å². The van der Waals surface area contributed by atoms with Crippen molar-refractivity contribution < 1.29 is 29.4 Å². The zero-order valence-corrected chi connectivity index (χ0v) is 13.2. The van der Waals surface area contributed by atoms with Gasteiger partial charge in [-0.15, -0.1) is 0 Å². The fraction of sp³-hybridized carbons (Fsp3) is 0.692. The topological polar surface area (TPSA) is 171 Å². The van der Waals surface area contributed by atoms with Crippen molar-refractivity contribution in [3.8, 4) is 0 Å². The number of carbonyl (C=O) groups is 4. The van der Waals surface area contributed by atoms with E-state index in [1.807, 2.05) is 13.8 Å². The van der Waals surface area contributed by atoms with Crippen LogP contribution in [0.3, 0.4) is 0 Å². The minimum absolute atomic E-state index is 0.0436. The molecule has 3 amide bonds. The largest absolute Gasteiger partial charge is 0.480 e. The number of carboxylic acids is 1. The lowest BCUT2D eigenvalue weighted by molar-refractivity contribution is -0.143. The van der Waals surface area contributed by atoms with Gasteiger partial charge in [0.2, 0.25) is 17.7 Å². The van der Waals surface area contributed by atoms with Gasteiger partial charge >= 0.3 is 5.97 Å². The maximum absolute atomic E-state index is 12.1. The monoisotopic (exact) mass is 332 g/mol. The molecule has 0 aliphatic carbocycles. The van der Waals surface area contributed by atoms with Crippen LogP contribution in [0.2, 0.25) is 0 Å². The second-order valence-corrected chi connectivity index (χ2v) is 5.31. The number of carboxylic acid groups (broad SMARTS) is 1. The molecule has 10 heteroatoms. The van der Waals surface area contributed by atoms with Crippen LogP contribution in [0.1, 0.15) is 20.3 Å². The highest BCUT2D eigenvalue weighted by Gasteiger charge is 2.26. The quantitative estimate of drug-likeness (QED) is 0.250. The molecule has 2 unspecified atom stereocenters. The second-order valence-electron chi connectivity index (χ2n) is 5.31. The van der Waals surface area contributed by atoms with Gasteiger partial charge in [0.1, 0.15) is 12.1 Å². The number of amides is 3. The molecule has 0 rings (SSSR count). The molecule has 0 aromatic heterocycles. The van der Waals surface area contributed by atoms with E-state index in [2.05, 4.69) is 16.0 Å². The summed E-state index contributed by atoms with van der Waals surface area (Å²) in [4.78, 5) is 45.6. The van der Waals surface area contributed by atoms with Crippen molar-refractivity contribution >= 4 is 23.7 Å². The first-order valence-electron chi connectivity index (χ1n) is 7.11. The molecule has 0 aliphatic rings. The van der Waals surface area contributed by atoms with Crippen LogP contribution in [0.5, 0.6) is 0 Å². The highest BCUT2D eigenvalue weighted by atomic mass is 16.4. The van der Waals surface area contributed by atoms with E-state index in [4.69, 9.17) is 15.9 Å². The molecule has 0 heterocycles. The van der Waals surface area contributed by atoms with Gasteiger partial charge < -0.3 is 31.9 Å². The van der Waals surface area contributed by atoms with E-state index in [1.54, 1.807) is 0 Å². The maximum Gasteiger partial charge on any atom is 0.328 e. The van der Waals surface area contributed by atoms with Crippen LogP contribution in [-0.2, 0) is 19.2 Å². The Morgan fingerprint density at radius 2 is 1.65 bits per heavy atom. The Balaban J connectivity index is 4.73. The smallest absolute Gasteiger partial charge is 0.328 e. The minimum atomic E-state index is -1.45.